The van der Waals surface area contributed by atoms with E-state index >= 15 is 0 Å². The Bertz CT molecular complexity index is 796. The Morgan fingerprint density at radius 1 is 1.11 bits per heavy atom. The van der Waals surface area contributed by atoms with Crippen molar-refractivity contribution in [3.8, 4) is 11.5 Å². The molecular formula is C20H24N4O4. The van der Waals surface area contributed by atoms with Crippen LogP contribution >= 0.6 is 0 Å². The van der Waals surface area contributed by atoms with Crippen LogP contribution in [0, 0.1) is 0 Å². The second kappa shape index (κ2) is 8.90. The molecule has 0 aliphatic carbocycles. The summed E-state index contributed by atoms with van der Waals surface area (Å²) in [5.41, 5.74) is 1.73. The second-order valence-corrected chi connectivity index (χ2v) is 6.64. The first-order valence-corrected chi connectivity index (χ1v) is 9.46. The number of hydrogen-bond acceptors (Lipinski definition) is 6. The molecule has 2 N–H and O–H groups in total. The van der Waals surface area contributed by atoms with E-state index in [-0.39, 0.29) is 12.1 Å². The first-order chi connectivity index (χ1) is 13.8. The smallest absolute Gasteiger partial charge is 0.319 e. The van der Waals surface area contributed by atoms with Crippen molar-refractivity contribution in [2.24, 2.45) is 0 Å². The number of nitrogens with one attached hydrogen (secondary N) is 2. The Labute approximate surface area is 163 Å². The molecule has 0 unspecified atom stereocenters. The van der Waals surface area contributed by atoms with Crippen LogP contribution in [-0.2, 0) is 4.74 Å². The fraction of sp³-hybridized carbons (Fsp3) is 0.400. The highest BCUT2D eigenvalue weighted by atomic mass is 16.6. The van der Waals surface area contributed by atoms with Crippen molar-refractivity contribution in [1.29, 1.82) is 0 Å². The second-order valence-electron chi connectivity index (χ2n) is 6.64. The Kier molecular flexibility index (Phi) is 5.89. The fourth-order valence-electron chi connectivity index (χ4n) is 3.41. The van der Waals surface area contributed by atoms with E-state index in [9.17, 15) is 4.79 Å². The average Bonchev–Trinajstić information content (AvgIpc) is 2.75. The molecule has 2 aromatic rings. The minimum atomic E-state index is -0.265. The summed E-state index contributed by atoms with van der Waals surface area (Å²) in [7, 11) is 0. The van der Waals surface area contributed by atoms with Gasteiger partial charge in [0.2, 0.25) is 0 Å². The SMILES string of the molecule is O=C(NC[C@H](c1cccnc1)N1CCOCC1)Nc1ccc2c(c1)OCCO2. The monoisotopic (exact) mass is 384 g/mol. The van der Waals surface area contributed by atoms with Crippen LogP contribution in [0.2, 0.25) is 0 Å². The molecule has 4 rings (SSSR count). The number of aromatic nitrogens is 1. The topological polar surface area (TPSA) is 85.0 Å². The van der Waals surface area contributed by atoms with Crippen LogP contribution in [-0.4, -0.2) is 62.0 Å². The number of rotatable bonds is 5. The lowest BCUT2D eigenvalue weighted by molar-refractivity contribution is 0.0167. The maximum Gasteiger partial charge on any atom is 0.319 e. The number of nitrogens with zero attached hydrogens (tertiary/aromatic N) is 2. The molecule has 0 radical (unpaired) electrons. The number of pyridine rings is 1. The summed E-state index contributed by atoms with van der Waals surface area (Å²) in [5.74, 6) is 1.34. The summed E-state index contributed by atoms with van der Waals surface area (Å²) in [6.45, 7) is 4.56. The molecule has 1 atom stereocenters. The third-order valence-corrected chi connectivity index (χ3v) is 4.81. The largest absolute Gasteiger partial charge is 0.486 e. The van der Waals surface area contributed by atoms with E-state index in [1.165, 1.54) is 0 Å². The van der Waals surface area contributed by atoms with E-state index in [0.29, 0.717) is 50.2 Å². The van der Waals surface area contributed by atoms with Gasteiger partial charge in [0.05, 0.1) is 19.3 Å². The molecule has 1 fully saturated rings. The third-order valence-electron chi connectivity index (χ3n) is 4.81. The highest BCUT2D eigenvalue weighted by Crippen LogP contribution is 2.32. The molecule has 1 aromatic heterocycles. The lowest BCUT2D eigenvalue weighted by Gasteiger charge is -2.34. The Balaban J connectivity index is 1.38. The summed E-state index contributed by atoms with van der Waals surface area (Å²) in [5, 5.41) is 5.83. The van der Waals surface area contributed by atoms with Gasteiger partial charge in [-0.3, -0.25) is 9.88 Å². The zero-order valence-corrected chi connectivity index (χ0v) is 15.6. The quantitative estimate of drug-likeness (QED) is 0.821. The zero-order valence-electron chi connectivity index (χ0n) is 15.6. The molecule has 1 aromatic carbocycles. The molecule has 2 amide bonds. The van der Waals surface area contributed by atoms with E-state index in [1.54, 1.807) is 24.4 Å². The van der Waals surface area contributed by atoms with Gasteiger partial charge in [0.15, 0.2) is 11.5 Å². The lowest BCUT2D eigenvalue weighted by atomic mass is 10.1. The number of benzene rings is 1. The number of amides is 2. The number of fused-ring (bicyclic) bond motifs is 1. The number of morpholine rings is 1. The molecule has 1 saturated heterocycles. The number of carbonyl (C=O) groups is 1. The molecule has 8 nitrogen and oxygen atoms in total. The molecule has 28 heavy (non-hydrogen) atoms. The molecule has 8 heteroatoms. The predicted octanol–water partition coefficient (Wildman–Crippen LogP) is 2.05. The molecule has 2 aliphatic heterocycles. The minimum absolute atomic E-state index is 0.0450. The molecule has 0 bridgehead atoms. The minimum Gasteiger partial charge on any atom is -0.486 e. The first kappa shape index (κ1) is 18.5. The zero-order chi connectivity index (χ0) is 19.2. The highest BCUT2D eigenvalue weighted by Gasteiger charge is 2.23. The molecule has 0 saturated carbocycles. The molecule has 2 aliphatic rings. The predicted molar refractivity (Wildman–Crippen MR) is 104 cm³/mol. The van der Waals surface area contributed by atoms with Crippen LogP contribution in [0.25, 0.3) is 0 Å². The van der Waals surface area contributed by atoms with Crippen LogP contribution in [0.1, 0.15) is 11.6 Å². The molecule has 3 heterocycles. The van der Waals surface area contributed by atoms with Crippen molar-refractivity contribution in [2.75, 3.05) is 51.4 Å². The van der Waals surface area contributed by atoms with Gasteiger partial charge in [0, 0.05) is 43.8 Å². The van der Waals surface area contributed by atoms with Crippen LogP contribution in [0.5, 0.6) is 11.5 Å². The van der Waals surface area contributed by atoms with Gasteiger partial charge < -0.3 is 24.8 Å². The fourth-order valence-corrected chi connectivity index (χ4v) is 3.41. The summed E-state index contributed by atoms with van der Waals surface area (Å²) in [6.07, 6.45) is 3.60. The van der Waals surface area contributed by atoms with Crippen molar-refractivity contribution in [3.05, 3.63) is 48.3 Å². The van der Waals surface area contributed by atoms with Crippen LogP contribution in [0.15, 0.2) is 42.7 Å². The number of hydrogen-bond donors (Lipinski definition) is 2. The summed E-state index contributed by atoms with van der Waals surface area (Å²) < 4.78 is 16.5. The Hall–Kier alpha value is -2.84. The van der Waals surface area contributed by atoms with Crippen molar-refractivity contribution < 1.29 is 19.0 Å². The first-order valence-electron chi connectivity index (χ1n) is 9.46. The maximum absolute atomic E-state index is 12.4. The van der Waals surface area contributed by atoms with E-state index in [0.717, 1.165) is 18.7 Å². The van der Waals surface area contributed by atoms with Crippen molar-refractivity contribution in [3.63, 3.8) is 0 Å². The van der Waals surface area contributed by atoms with Crippen LogP contribution in [0.4, 0.5) is 10.5 Å². The number of anilines is 1. The van der Waals surface area contributed by atoms with Gasteiger partial charge in [-0.1, -0.05) is 6.07 Å². The summed E-state index contributed by atoms with van der Waals surface area (Å²) in [6, 6.07) is 9.10. The van der Waals surface area contributed by atoms with Gasteiger partial charge in [-0.05, 0) is 23.8 Å². The van der Waals surface area contributed by atoms with Gasteiger partial charge >= 0.3 is 6.03 Å². The Morgan fingerprint density at radius 3 is 2.71 bits per heavy atom. The van der Waals surface area contributed by atoms with Crippen molar-refractivity contribution >= 4 is 11.7 Å². The average molecular weight is 384 g/mol. The van der Waals surface area contributed by atoms with Gasteiger partial charge in [-0.15, -0.1) is 0 Å². The van der Waals surface area contributed by atoms with E-state index in [1.807, 2.05) is 18.3 Å². The standard InChI is InChI=1S/C20H24N4O4/c25-20(23-16-3-4-18-19(12-16)28-11-10-27-18)22-14-17(15-2-1-5-21-13-15)24-6-8-26-9-7-24/h1-5,12-13,17H,6-11,14H2,(H2,22,23,25)/t17-/m1/s1. The maximum atomic E-state index is 12.4. The molecular weight excluding hydrogens is 360 g/mol. The highest BCUT2D eigenvalue weighted by molar-refractivity contribution is 5.89. The molecule has 0 spiro atoms. The number of ether oxygens (including phenoxy) is 3. The van der Waals surface area contributed by atoms with E-state index in [4.69, 9.17) is 14.2 Å². The van der Waals surface area contributed by atoms with Crippen molar-refractivity contribution in [1.82, 2.24) is 15.2 Å². The lowest BCUT2D eigenvalue weighted by Crippen LogP contribution is -2.44. The van der Waals surface area contributed by atoms with Gasteiger partial charge in [0.1, 0.15) is 13.2 Å². The number of carbonyl (C=O) groups excluding carboxylic acids is 1. The normalized spacial score (nSPS) is 17.6. The van der Waals surface area contributed by atoms with Gasteiger partial charge in [-0.2, -0.15) is 0 Å². The van der Waals surface area contributed by atoms with Crippen molar-refractivity contribution in [2.45, 2.75) is 6.04 Å². The van der Waals surface area contributed by atoms with Gasteiger partial charge in [0.25, 0.3) is 0 Å². The molecule has 148 valence electrons. The third kappa shape index (κ3) is 4.52. The van der Waals surface area contributed by atoms with Crippen LogP contribution in [0.3, 0.4) is 0 Å². The Morgan fingerprint density at radius 2 is 1.93 bits per heavy atom. The summed E-state index contributed by atoms with van der Waals surface area (Å²) in [4.78, 5) is 19.0. The van der Waals surface area contributed by atoms with E-state index < -0.39 is 0 Å². The summed E-state index contributed by atoms with van der Waals surface area (Å²) >= 11 is 0. The number of urea groups is 1. The van der Waals surface area contributed by atoms with Crippen LogP contribution < -0.4 is 20.1 Å². The van der Waals surface area contributed by atoms with Gasteiger partial charge in [-0.25, -0.2) is 4.79 Å². The van der Waals surface area contributed by atoms with E-state index in [2.05, 4.69) is 20.5 Å².